The van der Waals surface area contributed by atoms with Crippen molar-refractivity contribution in [3.8, 4) is 5.82 Å². The summed E-state index contributed by atoms with van der Waals surface area (Å²) in [6, 6.07) is 6.29. The smallest absolute Gasteiger partial charge is 0.318 e. The lowest BCUT2D eigenvalue weighted by Crippen LogP contribution is -2.52. The van der Waals surface area contributed by atoms with Crippen LogP contribution >= 0.6 is 23.2 Å². The van der Waals surface area contributed by atoms with Crippen molar-refractivity contribution in [2.24, 2.45) is 0 Å². The molecule has 3 heterocycles. The molecule has 3 aromatic rings. The number of hydrogen-bond donors (Lipinski definition) is 0. The quantitative estimate of drug-likeness (QED) is 0.473. The number of anilines is 1. The Bertz CT molecular complexity index is 1310. The first-order valence-corrected chi connectivity index (χ1v) is 10.9. The summed E-state index contributed by atoms with van der Waals surface area (Å²) >= 11 is 12.3. The van der Waals surface area contributed by atoms with Crippen molar-refractivity contribution in [3.05, 3.63) is 69.1 Å². The number of fused-ring (bicyclic) bond motifs is 1. The first-order chi connectivity index (χ1) is 15.9. The van der Waals surface area contributed by atoms with Gasteiger partial charge < -0.3 is 4.90 Å². The van der Waals surface area contributed by atoms with Gasteiger partial charge in [0.1, 0.15) is 12.4 Å². The predicted molar refractivity (Wildman–Crippen MR) is 121 cm³/mol. The number of carbonyl (C=O) groups is 2. The second-order valence-corrected chi connectivity index (χ2v) is 8.84. The van der Waals surface area contributed by atoms with Crippen molar-refractivity contribution in [3.63, 3.8) is 0 Å². The molecule has 0 saturated carbocycles. The van der Waals surface area contributed by atoms with Gasteiger partial charge in [-0.3, -0.25) is 14.5 Å². The van der Waals surface area contributed by atoms with Gasteiger partial charge in [0, 0.05) is 23.3 Å². The molecule has 1 aromatic carbocycles. The number of pyridine rings is 1. The minimum absolute atomic E-state index is 0.00867. The molecule has 0 bridgehead atoms. The standard InChI is InChI=1S/C22H18Cl2F3N5O2/c1-11(2)30-10-31(18-12(3)7-13(23)8-14(18)20(30)33)21(34)16-9-17(22(25,26)27)29-32(16)19-15(24)5-4-6-28-19/h4-9,11H,10H2,1-3H3. The molecule has 0 atom stereocenters. The molecule has 12 heteroatoms. The molecular weight excluding hydrogens is 494 g/mol. The van der Waals surface area contributed by atoms with Crippen molar-refractivity contribution < 1.29 is 22.8 Å². The van der Waals surface area contributed by atoms with E-state index in [-0.39, 0.29) is 40.7 Å². The van der Waals surface area contributed by atoms with Crippen molar-refractivity contribution >= 4 is 40.7 Å². The third-order valence-electron chi connectivity index (χ3n) is 5.35. The number of alkyl halides is 3. The highest BCUT2D eigenvalue weighted by atomic mass is 35.5. The number of nitrogens with zero attached hydrogens (tertiary/aromatic N) is 5. The van der Waals surface area contributed by atoms with E-state index in [1.54, 1.807) is 26.8 Å². The average Bonchev–Trinajstić information content (AvgIpc) is 3.19. The van der Waals surface area contributed by atoms with Crippen molar-refractivity contribution in [2.45, 2.75) is 33.0 Å². The van der Waals surface area contributed by atoms with Gasteiger partial charge in [-0.15, -0.1) is 0 Å². The third kappa shape index (κ3) is 4.12. The molecule has 0 saturated heterocycles. The van der Waals surface area contributed by atoms with Crippen LogP contribution in [-0.2, 0) is 6.18 Å². The lowest BCUT2D eigenvalue weighted by Gasteiger charge is -2.39. The maximum Gasteiger partial charge on any atom is 0.435 e. The zero-order chi connectivity index (χ0) is 24.9. The summed E-state index contributed by atoms with van der Waals surface area (Å²) in [5, 5.41) is 3.89. The molecule has 0 N–H and O–H groups in total. The fourth-order valence-electron chi connectivity index (χ4n) is 3.77. The third-order valence-corrected chi connectivity index (χ3v) is 5.86. The molecule has 0 aliphatic carbocycles. The fraction of sp³-hybridized carbons (Fsp3) is 0.273. The lowest BCUT2D eigenvalue weighted by atomic mass is 10.0. The van der Waals surface area contributed by atoms with Gasteiger partial charge in [-0.05, 0) is 50.6 Å². The number of carbonyl (C=O) groups excluding carboxylic acids is 2. The van der Waals surface area contributed by atoms with Gasteiger partial charge in [-0.2, -0.15) is 18.3 Å². The molecule has 2 aromatic heterocycles. The summed E-state index contributed by atoms with van der Waals surface area (Å²) < 4.78 is 41.4. The van der Waals surface area contributed by atoms with Crippen molar-refractivity contribution in [1.29, 1.82) is 0 Å². The summed E-state index contributed by atoms with van der Waals surface area (Å²) in [4.78, 5) is 33.5. The van der Waals surface area contributed by atoms with E-state index in [0.717, 1.165) is 4.68 Å². The minimum atomic E-state index is -4.81. The molecular formula is C22H18Cl2F3N5O2. The largest absolute Gasteiger partial charge is 0.435 e. The van der Waals surface area contributed by atoms with E-state index in [1.807, 2.05) is 0 Å². The molecule has 4 rings (SSSR count). The number of halogens is 5. The summed E-state index contributed by atoms with van der Waals surface area (Å²) in [5.41, 5.74) is -0.725. The summed E-state index contributed by atoms with van der Waals surface area (Å²) in [5.74, 6) is -1.28. The maximum absolute atomic E-state index is 13.8. The zero-order valence-corrected chi connectivity index (χ0v) is 19.7. The number of benzene rings is 1. The van der Waals surface area contributed by atoms with E-state index in [0.29, 0.717) is 16.7 Å². The molecule has 0 fully saturated rings. The van der Waals surface area contributed by atoms with E-state index < -0.39 is 23.5 Å². The minimum Gasteiger partial charge on any atom is -0.318 e. The summed E-state index contributed by atoms with van der Waals surface area (Å²) in [7, 11) is 0. The van der Waals surface area contributed by atoms with Crippen molar-refractivity contribution in [1.82, 2.24) is 19.7 Å². The van der Waals surface area contributed by atoms with Crippen LogP contribution in [0.2, 0.25) is 10.0 Å². The van der Waals surface area contributed by atoms with Gasteiger partial charge in [0.25, 0.3) is 11.8 Å². The molecule has 0 radical (unpaired) electrons. The number of aromatic nitrogens is 3. The van der Waals surface area contributed by atoms with E-state index in [9.17, 15) is 22.8 Å². The Labute approximate surface area is 202 Å². The monoisotopic (exact) mass is 511 g/mol. The zero-order valence-electron chi connectivity index (χ0n) is 18.2. The Kier molecular flexibility index (Phi) is 6.07. The van der Waals surface area contributed by atoms with Gasteiger partial charge >= 0.3 is 6.18 Å². The van der Waals surface area contributed by atoms with Crippen LogP contribution in [0.25, 0.3) is 5.82 Å². The van der Waals surface area contributed by atoms with Crippen LogP contribution in [0.15, 0.2) is 36.5 Å². The number of rotatable bonds is 3. The van der Waals surface area contributed by atoms with Gasteiger partial charge in [-0.1, -0.05) is 23.2 Å². The van der Waals surface area contributed by atoms with Crippen LogP contribution in [0.4, 0.5) is 18.9 Å². The summed E-state index contributed by atoms with van der Waals surface area (Å²) in [6.07, 6.45) is -3.49. The number of aryl methyl sites for hydroxylation is 1. The Hall–Kier alpha value is -3.11. The molecule has 0 spiro atoms. The molecule has 34 heavy (non-hydrogen) atoms. The summed E-state index contributed by atoms with van der Waals surface area (Å²) in [6.45, 7) is 5.02. The van der Waals surface area contributed by atoms with Gasteiger partial charge in [0.15, 0.2) is 11.5 Å². The second-order valence-electron chi connectivity index (χ2n) is 8.00. The molecule has 2 amide bonds. The van der Waals surface area contributed by atoms with Gasteiger partial charge in [0.05, 0.1) is 16.3 Å². The Morgan fingerprint density at radius 2 is 1.88 bits per heavy atom. The van der Waals surface area contributed by atoms with Crippen LogP contribution in [-0.4, -0.2) is 44.2 Å². The van der Waals surface area contributed by atoms with Crippen LogP contribution in [0.3, 0.4) is 0 Å². The SMILES string of the molecule is Cc1cc(Cl)cc2c1N(C(=O)c1cc(C(F)(F)F)nn1-c1ncccc1Cl)CN(C(C)C)C2=O. The Morgan fingerprint density at radius 3 is 2.50 bits per heavy atom. The van der Waals surface area contributed by atoms with Gasteiger partial charge in [-0.25, -0.2) is 9.67 Å². The van der Waals surface area contributed by atoms with Crippen LogP contribution in [0.1, 0.15) is 46.0 Å². The fourth-order valence-corrected chi connectivity index (χ4v) is 4.24. The molecule has 7 nitrogen and oxygen atoms in total. The van der Waals surface area contributed by atoms with E-state index in [1.165, 1.54) is 34.2 Å². The molecule has 0 unspecified atom stereocenters. The number of hydrogen-bond acceptors (Lipinski definition) is 4. The van der Waals surface area contributed by atoms with E-state index in [2.05, 4.69) is 10.1 Å². The second kappa shape index (κ2) is 8.59. The first-order valence-electron chi connectivity index (χ1n) is 10.1. The maximum atomic E-state index is 13.8. The van der Waals surface area contributed by atoms with E-state index >= 15 is 0 Å². The number of amides is 2. The van der Waals surface area contributed by atoms with Gasteiger partial charge in [0.2, 0.25) is 0 Å². The predicted octanol–water partition coefficient (Wildman–Crippen LogP) is 5.37. The first kappa shape index (κ1) is 24.0. The Balaban J connectivity index is 1.93. The van der Waals surface area contributed by atoms with Crippen LogP contribution in [0, 0.1) is 6.92 Å². The lowest BCUT2D eigenvalue weighted by molar-refractivity contribution is -0.141. The molecule has 1 aliphatic rings. The van der Waals surface area contributed by atoms with Crippen LogP contribution < -0.4 is 4.90 Å². The van der Waals surface area contributed by atoms with Crippen molar-refractivity contribution in [2.75, 3.05) is 11.6 Å². The topological polar surface area (TPSA) is 71.3 Å². The normalized spacial score (nSPS) is 14.1. The Morgan fingerprint density at radius 1 is 1.18 bits per heavy atom. The van der Waals surface area contributed by atoms with E-state index in [4.69, 9.17) is 23.2 Å². The highest BCUT2D eigenvalue weighted by Gasteiger charge is 2.40. The highest BCUT2D eigenvalue weighted by molar-refractivity contribution is 6.32. The highest BCUT2D eigenvalue weighted by Crippen LogP contribution is 2.36. The molecule has 1 aliphatic heterocycles. The molecule has 178 valence electrons. The average molecular weight is 512 g/mol. The van der Waals surface area contributed by atoms with Crippen LogP contribution in [0.5, 0.6) is 0 Å².